The van der Waals surface area contributed by atoms with Gasteiger partial charge in [0.15, 0.2) is 0 Å². The van der Waals surface area contributed by atoms with Gasteiger partial charge < -0.3 is 10.4 Å². The zero-order valence-electron chi connectivity index (χ0n) is 16.0. The first-order chi connectivity index (χ1) is 15.1. The first-order valence-corrected chi connectivity index (χ1v) is 8.89. The number of rotatable bonds is 5. The molecule has 2 heterocycles. The van der Waals surface area contributed by atoms with Crippen LogP contribution in [0.15, 0.2) is 53.5 Å². The number of nitrogens with one attached hydrogen (secondary N) is 1. The number of benzene rings is 1. The summed E-state index contributed by atoms with van der Waals surface area (Å²) >= 11 is 0. The van der Waals surface area contributed by atoms with Crippen LogP contribution in [0.1, 0.15) is 16.1 Å². The molecule has 2 N–H and O–H groups in total. The number of carbonyl (C=O) groups excluding carboxylic acids is 1. The lowest BCUT2D eigenvalue weighted by atomic mass is 10.1. The number of halogens is 4. The lowest BCUT2D eigenvalue weighted by Crippen LogP contribution is -2.40. The number of amides is 1. The molecule has 3 aromatic rings. The van der Waals surface area contributed by atoms with Gasteiger partial charge in [0.25, 0.3) is 11.5 Å². The minimum Gasteiger partial charge on any atom is -0.393 e. The van der Waals surface area contributed by atoms with Crippen LogP contribution in [-0.4, -0.2) is 38.4 Å². The van der Waals surface area contributed by atoms with Gasteiger partial charge in [-0.25, -0.2) is 4.39 Å². The fourth-order valence-electron chi connectivity index (χ4n) is 2.65. The summed E-state index contributed by atoms with van der Waals surface area (Å²) in [5, 5.41) is 24.2. The van der Waals surface area contributed by atoms with Crippen molar-refractivity contribution in [3.8, 4) is 23.0 Å². The monoisotopic (exact) mass is 447 g/mol. The largest absolute Gasteiger partial charge is 0.433 e. The van der Waals surface area contributed by atoms with Gasteiger partial charge in [-0.3, -0.25) is 14.6 Å². The van der Waals surface area contributed by atoms with Gasteiger partial charge in [-0.05, 0) is 36.4 Å². The normalized spacial score (nSPS) is 12.1. The number of hydrogen-bond acceptors (Lipinski definition) is 6. The number of carbonyl (C=O) groups is 1. The molecular formula is C20H13F4N5O3. The Morgan fingerprint density at radius 2 is 2.00 bits per heavy atom. The van der Waals surface area contributed by atoms with Gasteiger partial charge >= 0.3 is 6.18 Å². The summed E-state index contributed by atoms with van der Waals surface area (Å²) in [5.74, 6) is -1.74. The maximum absolute atomic E-state index is 13.7. The minimum atomic E-state index is -4.67. The van der Waals surface area contributed by atoms with E-state index in [1.807, 2.05) is 0 Å². The highest BCUT2D eigenvalue weighted by Gasteiger charge is 2.32. The number of aliphatic hydroxyl groups excluding tert-OH is 1. The van der Waals surface area contributed by atoms with Gasteiger partial charge in [-0.2, -0.15) is 28.2 Å². The molecular weight excluding hydrogens is 434 g/mol. The van der Waals surface area contributed by atoms with E-state index in [0.29, 0.717) is 10.7 Å². The smallest absolute Gasteiger partial charge is 0.393 e. The summed E-state index contributed by atoms with van der Waals surface area (Å²) in [6.07, 6.45) is -3.81. The third kappa shape index (κ3) is 4.79. The van der Waals surface area contributed by atoms with Crippen molar-refractivity contribution in [3.05, 3.63) is 76.1 Å². The summed E-state index contributed by atoms with van der Waals surface area (Å²) in [4.78, 5) is 28.7. The third-order valence-electron chi connectivity index (χ3n) is 4.20. The van der Waals surface area contributed by atoms with Gasteiger partial charge in [0.2, 0.25) is 0 Å². The third-order valence-corrected chi connectivity index (χ3v) is 4.20. The summed E-state index contributed by atoms with van der Waals surface area (Å²) in [6, 6.07) is 7.77. The number of hydrogen-bond donors (Lipinski definition) is 2. The fraction of sp³-hybridized carbons (Fsp3) is 0.150. The van der Waals surface area contributed by atoms with Crippen LogP contribution in [0.4, 0.5) is 17.6 Å². The summed E-state index contributed by atoms with van der Waals surface area (Å²) in [6.45, 7) is -0.721. The predicted octanol–water partition coefficient (Wildman–Crippen LogP) is 2.07. The predicted molar refractivity (Wildman–Crippen MR) is 102 cm³/mol. The van der Waals surface area contributed by atoms with Crippen molar-refractivity contribution in [1.29, 1.82) is 5.26 Å². The highest BCUT2D eigenvalue weighted by molar-refractivity contribution is 5.95. The van der Waals surface area contributed by atoms with Crippen LogP contribution >= 0.6 is 0 Å². The second-order valence-corrected chi connectivity index (χ2v) is 6.41. The Hall–Kier alpha value is -4.11. The summed E-state index contributed by atoms with van der Waals surface area (Å²) in [7, 11) is 0. The molecule has 164 valence electrons. The number of aliphatic hydroxyl groups is 1. The van der Waals surface area contributed by atoms with Gasteiger partial charge in [-0.1, -0.05) is 6.07 Å². The Labute approximate surface area is 177 Å². The van der Waals surface area contributed by atoms with E-state index < -0.39 is 47.4 Å². The SMILES string of the molecule is N#C[C@@H](CO)NC(=O)c1cc(-c2ccc(C(F)(F)F)nc2)nn(-c2cccc(F)c2)c1=O. The van der Waals surface area contributed by atoms with E-state index >= 15 is 0 Å². The first-order valence-electron chi connectivity index (χ1n) is 8.89. The molecule has 1 atom stereocenters. The van der Waals surface area contributed by atoms with E-state index in [1.54, 1.807) is 6.07 Å². The van der Waals surface area contributed by atoms with E-state index in [9.17, 15) is 27.2 Å². The van der Waals surface area contributed by atoms with Crippen molar-refractivity contribution in [2.24, 2.45) is 0 Å². The van der Waals surface area contributed by atoms with Crippen molar-refractivity contribution in [1.82, 2.24) is 20.1 Å². The van der Waals surface area contributed by atoms with Crippen molar-refractivity contribution in [3.63, 3.8) is 0 Å². The molecule has 0 fully saturated rings. The molecule has 0 saturated carbocycles. The fourth-order valence-corrected chi connectivity index (χ4v) is 2.65. The molecule has 3 rings (SSSR count). The molecule has 0 bridgehead atoms. The number of nitriles is 1. The maximum atomic E-state index is 13.7. The Morgan fingerprint density at radius 1 is 1.25 bits per heavy atom. The molecule has 0 aliphatic rings. The first kappa shape index (κ1) is 22.6. The topological polar surface area (TPSA) is 121 Å². The zero-order chi connectivity index (χ0) is 23.5. The molecule has 2 aromatic heterocycles. The van der Waals surface area contributed by atoms with Crippen molar-refractivity contribution < 1.29 is 27.5 Å². The molecule has 0 saturated heterocycles. The molecule has 1 aromatic carbocycles. The Balaban J connectivity index is 2.17. The van der Waals surface area contributed by atoms with E-state index in [-0.39, 0.29) is 16.9 Å². The van der Waals surface area contributed by atoms with Crippen LogP contribution in [0.3, 0.4) is 0 Å². The highest BCUT2D eigenvalue weighted by Crippen LogP contribution is 2.28. The summed E-state index contributed by atoms with van der Waals surface area (Å²) < 4.78 is 52.8. The van der Waals surface area contributed by atoms with Crippen LogP contribution < -0.4 is 10.9 Å². The van der Waals surface area contributed by atoms with Gasteiger partial charge in [0.1, 0.15) is 23.1 Å². The Bertz CT molecular complexity index is 1250. The van der Waals surface area contributed by atoms with E-state index in [0.717, 1.165) is 30.5 Å². The Morgan fingerprint density at radius 3 is 2.56 bits per heavy atom. The minimum absolute atomic E-state index is 0.0381. The van der Waals surface area contributed by atoms with Crippen LogP contribution in [0.25, 0.3) is 16.9 Å². The molecule has 12 heteroatoms. The standard InChI is InChI=1S/C20H13F4N5O3/c21-12-2-1-3-14(6-12)29-19(32)15(18(31)27-13(8-25)10-30)7-16(28-29)11-4-5-17(26-9-11)20(22,23)24/h1-7,9,13,30H,10H2,(H,27,31)/t13-/m0/s1. The van der Waals surface area contributed by atoms with E-state index in [2.05, 4.69) is 15.4 Å². The average Bonchev–Trinajstić information content (AvgIpc) is 2.77. The number of nitrogens with zero attached hydrogens (tertiary/aromatic N) is 4. The highest BCUT2D eigenvalue weighted by atomic mass is 19.4. The molecule has 0 spiro atoms. The van der Waals surface area contributed by atoms with Crippen LogP contribution in [-0.2, 0) is 6.18 Å². The number of aromatic nitrogens is 3. The molecule has 1 amide bonds. The van der Waals surface area contributed by atoms with Crippen molar-refractivity contribution in [2.75, 3.05) is 6.61 Å². The molecule has 0 aliphatic heterocycles. The number of pyridine rings is 1. The van der Waals surface area contributed by atoms with Crippen LogP contribution in [0.5, 0.6) is 0 Å². The average molecular weight is 447 g/mol. The van der Waals surface area contributed by atoms with Crippen LogP contribution in [0, 0.1) is 17.1 Å². The molecule has 32 heavy (non-hydrogen) atoms. The quantitative estimate of drug-likeness (QED) is 0.578. The van der Waals surface area contributed by atoms with E-state index in [1.165, 1.54) is 12.1 Å². The van der Waals surface area contributed by atoms with E-state index in [4.69, 9.17) is 10.4 Å². The lowest BCUT2D eigenvalue weighted by Gasteiger charge is -2.13. The molecule has 0 radical (unpaired) electrons. The van der Waals surface area contributed by atoms with Gasteiger partial charge in [0, 0.05) is 11.8 Å². The number of alkyl halides is 3. The van der Waals surface area contributed by atoms with Crippen LogP contribution in [0.2, 0.25) is 0 Å². The van der Waals surface area contributed by atoms with Gasteiger partial charge in [0.05, 0.1) is 24.1 Å². The molecule has 8 nitrogen and oxygen atoms in total. The maximum Gasteiger partial charge on any atom is 0.433 e. The van der Waals surface area contributed by atoms with Crippen molar-refractivity contribution in [2.45, 2.75) is 12.2 Å². The molecule has 0 aliphatic carbocycles. The second kappa shape index (κ2) is 8.94. The second-order valence-electron chi connectivity index (χ2n) is 6.41. The zero-order valence-corrected chi connectivity index (χ0v) is 16.0. The van der Waals surface area contributed by atoms with Gasteiger partial charge in [-0.15, -0.1) is 0 Å². The Kier molecular flexibility index (Phi) is 6.31. The lowest BCUT2D eigenvalue weighted by molar-refractivity contribution is -0.141. The molecule has 0 unspecified atom stereocenters. The summed E-state index contributed by atoms with van der Waals surface area (Å²) in [5.41, 5.74) is -2.80. The van der Waals surface area contributed by atoms with Crippen molar-refractivity contribution >= 4 is 5.91 Å².